The van der Waals surface area contributed by atoms with Crippen molar-refractivity contribution in [2.24, 2.45) is 0 Å². The number of hydrogen-bond acceptors (Lipinski definition) is 3. The van der Waals surface area contributed by atoms with Crippen LogP contribution in [0.1, 0.15) is 29.8 Å². The summed E-state index contributed by atoms with van der Waals surface area (Å²) in [6.45, 7) is 6.58. The first kappa shape index (κ1) is 16.0. The zero-order valence-electron chi connectivity index (χ0n) is 13.5. The van der Waals surface area contributed by atoms with Crippen molar-refractivity contribution in [1.82, 2.24) is 9.88 Å². The van der Waals surface area contributed by atoms with E-state index in [1.54, 1.807) is 17.3 Å². The number of rotatable bonds is 6. The van der Waals surface area contributed by atoms with Crippen LogP contribution >= 0.6 is 0 Å². The van der Waals surface area contributed by atoms with Crippen LogP contribution in [0.4, 0.5) is 5.69 Å². The summed E-state index contributed by atoms with van der Waals surface area (Å²) in [6.07, 6.45) is 3.44. The van der Waals surface area contributed by atoms with E-state index in [9.17, 15) is 4.79 Å². The number of pyridine rings is 1. The van der Waals surface area contributed by atoms with Crippen molar-refractivity contribution in [2.75, 3.05) is 25.0 Å². The Morgan fingerprint density at radius 1 is 1.09 bits per heavy atom. The summed E-state index contributed by atoms with van der Waals surface area (Å²) in [5.74, 6) is -0.00893. The number of carbonyl (C=O) groups is 1. The molecule has 0 radical (unpaired) electrons. The van der Waals surface area contributed by atoms with Crippen molar-refractivity contribution in [3.63, 3.8) is 0 Å². The maximum absolute atomic E-state index is 12.6. The Morgan fingerprint density at radius 2 is 1.77 bits per heavy atom. The molecule has 0 saturated carbocycles. The van der Waals surface area contributed by atoms with Gasteiger partial charge in [0.15, 0.2) is 0 Å². The summed E-state index contributed by atoms with van der Waals surface area (Å²) in [7, 11) is 1.82. The molecule has 2 rings (SSSR count). The van der Waals surface area contributed by atoms with Crippen molar-refractivity contribution < 1.29 is 4.79 Å². The third kappa shape index (κ3) is 3.85. The first-order valence-electron chi connectivity index (χ1n) is 7.65. The molecule has 4 nitrogen and oxygen atoms in total. The molecule has 2 aromatic rings. The highest BCUT2D eigenvalue weighted by molar-refractivity contribution is 5.94. The minimum absolute atomic E-state index is 0.00893. The average molecular weight is 297 g/mol. The van der Waals surface area contributed by atoms with Crippen molar-refractivity contribution in [2.45, 2.75) is 20.4 Å². The van der Waals surface area contributed by atoms with E-state index in [1.807, 2.05) is 43.4 Å². The Bertz CT molecular complexity index is 609. The van der Waals surface area contributed by atoms with Gasteiger partial charge in [-0.1, -0.05) is 30.3 Å². The molecule has 4 heteroatoms. The Labute approximate surface area is 132 Å². The zero-order chi connectivity index (χ0) is 15.9. The minimum Gasteiger partial charge on any atom is -0.371 e. The molecule has 0 N–H and O–H groups in total. The molecule has 0 fully saturated rings. The van der Waals surface area contributed by atoms with Crippen molar-refractivity contribution in [1.29, 1.82) is 0 Å². The molecule has 0 bridgehead atoms. The highest BCUT2D eigenvalue weighted by Crippen LogP contribution is 2.16. The topological polar surface area (TPSA) is 36.4 Å². The Hall–Kier alpha value is -2.36. The van der Waals surface area contributed by atoms with E-state index >= 15 is 0 Å². The lowest BCUT2D eigenvalue weighted by molar-refractivity contribution is 0.0784. The van der Waals surface area contributed by atoms with Gasteiger partial charge >= 0.3 is 0 Å². The summed E-state index contributed by atoms with van der Waals surface area (Å²) >= 11 is 0. The van der Waals surface area contributed by atoms with Crippen molar-refractivity contribution >= 4 is 11.6 Å². The Morgan fingerprint density at radius 3 is 2.41 bits per heavy atom. The van der Waals surface area contributed by atoms with E-state index in [4.69, 9.17) is 0 Å². The van der Waals surface area contributed by atoms with E-state index in [0.29, 0.717) is 12.1 Å². The fraction of sp³-hybridized carbons (Fsp3) is 0.333. The van der Waals surface area contributed by atoms with E-state index in [2.05, 4.69) is 23.7 Å². The van der Waals surface area contributed by atoms with Gasteiger partial charge in [-0.3, -0.25) is 9.78 Å². The highest BCUT2D eigenvalue weighted by atomic mass is 16.2. The molecule has 0 spiro atoms. The van der Waals surface area contributed by atoms with Crippen LogP contribution in [0.25, 0.3) is 0 Å². The molecule has 1 heterocycles. The number of anilines is 1. The largest absolute Gasteiger partial charge is 0.371 e. The van der Waals surface area contributed by atoms with Gasteiger partial charge in [0.05, 0.1) is 17.4 Å². The quantitative estimate of drug-likeness (QED) is 0.821. The average Bonchev–Trinajstić information content (AvgIpc) is 2.56. The van der Waals surface area contributed by atoms with Gasteiger partial charge in [-0.05, 0) is 25.5 Å². The molecule has 116 valence electrons. The van der Waals surface area contributed by atoms with Crippen LogP contribution in [-0.4, -0.2) is 35.9 Å². The Balaban J connectivity index is 2.13. The summed E-state index contributed by atoms with van der Waals surface area (Å²) < 4.78 is 0. The molecule has 0 atom stereocenters. The standard InChI is InChI=1S/C18H23N3O/c1-4-21(5-2)17-11-16(12-19-13-17)18(22)20(3)14-15-9-7-6-8-10-15/h6-13H,4-5,14H2,1-3H3. The number of hydrogen-bond donors (Lipinski definition) is 0. The van der Waals surface area contributed by atoms with Crippen LogP contribution < -0.4 is 4.90 Å². The van der Waals surface area contributed by atoms with Gasteiger partial charge in [-0.15, -0.1) is 0 Å². The van der Waals surface area contributed by atoms with Crippen LogP contribution in [0.2, 0.25) is 0 Å². The fourth-order valence-electron chi connectivity index (χ4n) is 2.46. The molecule has 22 heavy (non-hydrogen) atoms. The zero-order valence-corrected chi connectivity index (χ0v) is 13.5. The molecule has 0 aliphatic heterocycles. The maximum Gasteiger partial charge on any atom is 0.255 e. The third-order valence-corrected chi connectivity index (χ3v) is 3.71. The molecule has 1 amide bonds. The Kier molecular flexibility index (Phi) is 5.53. The van der Waals surface area contributed by atoms with Crippen LogP contribution in [0.3, 0.4) is 0 Å². The van der Waals surface area contributed by atoms with Crippen LogP contribution in [-0.2, 0) is 6.54 Å². The first-order chi connectivity index (χ1) is 10.7. The minimum atomic E-state index is -0.00893. The number of carbonyl (C=O) groups excluding carboxylic acids is 1. The summed E-state index contributed by atoms with van der Waals surface area (Å²) in [6, 6.07) is 11.9. The number of aromatic nitrogens is 1. The highest BCUT2D eigenvalue weighted by Gasteiger charge is 2.14. The molecule has 0 aliphatic rings. The maximum atomic E-state index is 12.6. The van der Waals surface area contributed by atoms with E-state index in [-0.39, 0.29) is 5.91 Å². The molecule has 0 aliphatic carbocycles. The first-order valence-corrected chi connectivity index (χ1v) is 7.65. The monoisotopic (exact) mass is 297 g/mol. The number of amides is 1. The van der Waals surface area contributed by atoms with Gasteiger partial charge in [0, 0.05) is 32.9 Å². The molecule has 1 aromatic carbocycles. The second-order valence-corrected chi connectivity index (χ2v) is 5.25. The van der Waals surface area contributed by atoms with Crippen molar-refractivity contribution in [3.05, 3.63) is 59.9 Å². The predicted octanol–water partition coefficient (Wildman–Crippen LogP) is 3.20. The lowest BCUT2D eigenvalue weighted by atomic mass is 10.2. The molecular formula is C18H23N3O. The lowest BCUT2D eigenvalue weighted by Crippen LogP contribution is -2.27. The second kappa shape index (κ2) is 7.59. The van der Waals surface area contributed by atoms with E-state index in [1.165, 1.54) is 0 Å². The molecule has 0 saturated heterocycles. The van der Waals surface area contributed by atoms with Gasteiger partial charge in [0.2, 0.25) is 0 Å². The number of benzene rings is 1. The molecular weight excluding hydrogens is 274 g/mol. The number of nitrogens with zero attached hydrogens (tertiary/aromatic N) is 3. The van der Waals surface area contributed by atoms with Gasteiger partial charge < -0.3 is 9.80 Å². The van der Waals surface area contributed by atoms with Gasteiger partial charge in [0.25, 0.3) is 5.91 Å². The summed E-state index contributed by atoms with van der Waals surface area (Å²) in [4.78, 5) is 20.7. The summed E-state index contributed by atoms with van der Waals surface area (Å²) in [5, 5.41) is 0. The van der Waals surface area contributed by atoms with Crippen LogP contribution in [0.5, 0.6) is 0 Å². The van der Waals surface area contributed by atoms with Crippen molar-refractivity contribution in [3.8, 4) is 0 Å². The van der Waals surface area contributed by atoms with E-state index < -0.39 is 0 Å². The van der Waals surface area contributed by atoms with Crippen LogP contribution in [0.15, 0.2) is 48.8 Å². The third-order valence-electron chi connectivity index (χ3n) is 3.71. The smallest absolute Gasteiger partial charge is 0.255 e. The van der Waals surface area contributed by atoms with Gasteiger partial charge in [0.1, 0.15) is 0 Å². The summed E-state index contributed by atoms with van der Waals surface area (Å²) in [5.41, 5.74) is 2.73. The van der Waals surface area contributed by atoms with Gasteiger partial charge in [-0.2, -0.15) is 0 Å². The molecule has 0 unspecified atom stereocenters. The second-order valence-electron chi connectivity index (χ2n) is 5.25. The van der Waals surface area contributed by atoms with E-state index in [0.717, 1.165) is 24.3 Å². The normalized spacial score (nSPS) is 10.3. The van der Waals surface area contributed by atoms with Crippen LogP contribution in [0, 0.1) is 0 Å². The van der Waals surface area contributed by atoms with Gasteiger partial charge in [-0.25, -0.2) is 0 Å². The molecule has 1 aromatic heterocycles. The lowest BCUT2D eigenvalue weighted by Gasteiger charge is -2.22. The fourth-order valence-corrected chi connectivity index (χ4v) is 2.46. The SMILES string of the molecule is CCN(CC)c1cncc(C(=O)N(C)Cc2ccccc2)c1. The predicted molar refractivity (Wildman–Crippen MR) is 90.0 cm³/mol.